The molecule has 2 heterocycles. The van der Waals surface area contributed by atoms with Crippen molar-refractivity contribution in [3.8, 4) is 0 Å². The van der Waals surface area contributed by atoms with E-state index in [1.807, 2.05) is 11.9 Å². The minimum Gasteiger partial charge on any atom is -0.394 e. The first kappa shape index (κ1) is 16.8. The van der Waals surface area contributed by atoms with Crippen LogP contribution >= 0.6 is 12.2 Å². The molecule has 2 rings (SSSR count). The van der Waals surface area contributed by atoms with Crippen LogP contribution in [0.4, 0.5) is 0 Å². The highest BCUT2D eigenvalue weighted by Gasteiger charge is 2.43. The third kappa shape index (κ3) is 3.81. The smallest absolute Gasteiger partial charge is 0.171 e. The lowest BCUT2D eigenvalue weighted by atomic mass is 9.98. The summed E-state index contributed by atoms with van der Waals surface area (Å²) in [7, 11) is 2.03. The number of hydrogen-bond acceptors (Lipinski definition) is 7. The van der Waals surface area contributed by atoms with Gasteiger partial charge >= 0.3 is 0 Å². The fraction of sp³-hybridized carbons (Fsp3) is 0.917. The minimum atomic E-state index is -1.40. The summed E-state index contributed by atoms with van der Waals surface area (Å²) >= 11 is 5.29. The lowest BCUT2D eigenvalue weighted by Crippen LogP contribution is -2.64. The van der Waals surface area contributed by atoms with Crippen molar-refractivity contribution in [1.29, 1.82) is 0 Å². The van der Waals surface area contributed by atoms with Crippen LogP contribution in [0.5, 0.6) is 0 Å². The van der Waals surface area contributed by atoms with E-state index in [0.717, 1.165) is 26.2 Å². The Morgan fingerprint density at radius 1 is 1.14 bits per heavy atom. The van der Waals surface area contributed by atoms with E-state index in [2.05, 4.69) is 10.2 Å². The monoisotopic (exact) mass is 321 g/mol. The van der Waals surface area contributed by atoms with Gasteiger partial charge < -0.3 is 40.3 Å². The summed E-state index contributed by atoms with van der Waals surface area (Å²) in [4.78, 5) is 4.14. The third-order valence-electron chi connectivity index (χ3n) is 3.95. The molecule has 0 spiro atoms. The van der Waals surface area contributed by atoms with E-state index in [-0.39, 0.29) is 0 Å². The van der Waals surface area contributed by atoms with Crippen LogP contribution in [0.3, 0.4) is 0 Å². The van der Waals surface area contributed by atoms with Crippen molar-refractivity contribution in [1.82, 2.24) is 15.1 Å². The molecule has 5 atom stereocenters. The highest BCUT2D eigenvalue weighted by Crippen LogP contribution is 2.20. The van der Waals surface area contributed by atoms with Gasteiger partial charge in [0.1, 0.15) is 24.4 Å². The summed E-state index contributed by atoms with van der Waals surface area (Å²) < 4.78 is 5.37. The van der Waals surface area contributed by atoms with Gasteiger partial charge in [0.25, 0.3) is 0 Å². The number of hydrogen-bond donors (Lipinski definition) is 5. The highest BCUT2D eigenvalue weighted by molar-refractivity contribution is 7.80. The SMILES string of the molecule is CN1CCN(C(=S)N[C@@H]2O[C@H](CO)[C@@H](O)[C@H](O)[C@H]2O)CC1. The van der Waals surface area contributed by atoms with Crippen molar-refractivity contribution in [3.05, 3.63) is 0 Å². The molecule has 0 aromatic rings. The Kier molecular flexibility index (Phi) is 5.72. The topological polar surface area (TPSA) is 109 Å². The van der Waals surface area contributed by atoms with E-state index in [9.17, 15) is 15.3 Å². The molecule has 2 aliphatic rings. The van der Waals surface area contributed by atoms with Crippen molar-refractivity contribution in [2.24, 2.45) is 0 Å². The average Bonchev–Trinajstić information content (AvgIpc) is 2.48. The fourth-order valence-corrected chi connectivity index (χ4v) is 2.74. The summed E-state index contributed by atoms with van der Waals surface area (Å²) in [6.07, 6.45) is -5.99. The van der Waals surface area contributed by atoms with E-state index in [4.69, 9.17) is 22.1 Å². The Hall–Kier alpha value is -0.550. The molecule has 2 saturated heterocycles. The summed E-state index contributed by atoms with van der Waals surface area (Å²) in [6.45, 7) is 2.84. The predicted molar refractivity (Wildman–Crippen MR) is 78.6 cm³/mol. The molecular weight excluding hydrogens is 298 g/mol. The Labute approximate surface area is 128 Å². The number of thiocarbonyl (C=S) groups is 1. The fourth-order valence-electron chi connectivity index (χ4n) is 2.44. The number of nitrogens with zero attached hydrogens (tertiary/aromatic N) is 2. The first-order valence-corrected chi connectivity index (χ1v) is 7.39. The number of nitrogens with one attached hydrogen (secondary N) is 1. The Bertz CT molecular complexity index is 365. The number of piperazine rings is 1. The number of ether oxygens (including phenoxy) is 1. The lowest BCUT2D eigenvalue weighted by molar-refractivity contribution is -0.232. The molecule has 0 aromatic carbocycles. The van der Waals surface area contributed by atoms with Gasteiger partial charge in [0.15, 0.2) is 11.3 Å². The summed E-state index contributed by atoms with van der Waals surface area (Å²) in [5.41, 5.74) is 0. The van der Waals surface area contributed by atoms with E-state index in [1.54, 1.807) is 0 Å². The summed E-state index contributed by atoms with van der Waals surface area (Å²) in [5, 5.41) is 41.8. The molecule has 0 radical (unpaired) electrons. The van der Waals surface area contributed by atoms with Crippen LogP contribution in [0.2, 0.25) is 0 Å². The molecule has 122 valence electrons. The molecule has 8 nitrogen and oxygen atoms in total. The predicted octanol–water partition coefficient (Wildman–Crippen LogP) is -3.09. The second-order valence-corrected chi connectivity index (χ2v) is 5.88. The van der Waals surface area contributed by atoms with Crippen molar-refractivity contribution in [2.75, 3.05) is 39.8 Å². The zero-order chi connectivity index (χ0) is 15.6. The molecule has 21 heavy (non-hydrogen) atoms. The van der Waals surface area contributed by atoms with Gasteiger partial charge in [0, 0.05) is 26.2 Å². The van der Waals surface area contributed by atoms with Gasteiger partial charge in [-0.2, -0.15) is 0 Å². The molecule has 0 unspecified atom stereocenters. The molecule has 0 aliphatic carbocycles. The second kappa shape index (κ2) is 7.14. The first-order valence-electron chi connectivity index (χ1n) is 6.98. The van der Waals surface area contributed by atoms with Crippen LogP contribution in [0.1, 0.15) is 0 Å². The molecule has 9 heteroatoms. The average molecular weight is 321 g/mol. The normalized spacial score (nSPS) is 38.3. The summed E-state index contributed by atoms with van der Waals surface area (Å²) in [5.74, 6) is 0. The van der Waals surface area contributed by atoms with Gasteiger partial charge in [-0.15, -0.1) is 0 Å². The quantitative estimate of drug-likeness (QED) is 0.338. The van der Waals surface area contributed by atoms with Gasteiger partial charge in [-0.1, -0.05) is 0 Å². The van der Waals surface area contributed by atoms with Gasteiger partial charge in [-0.25, -0.2) is 0 Å². The molecule has 0 saturated carbocycles. The van der Waals surface area contributed by atoms with Crippen LogP contribution in [-0.2, 0) is 4.74 Å². The zero-order valence-electron chi connectivity index (χ0n) is 11.9. The maximum Gasteiger partial charge on any atom is 0.171 e. The first-order chi connectivity index (χ1) is 9.93. The zero-order valence-corrected chi connectivity index (χ0v) is 12.7. The maximum absolute atomic E-state index is 9.94. The largest absolute Gasteiger partial charge is 0.394 e. The van der Waals surface area contributed by atoms with Crippen molar-refractivity contribution >= 4 is 17.3 Å². The van der Waals surface area contributed by atoms with Crippen LogP contribution < -0.4 is 5.32 Å². The summed E-state index contributed by atoms with van der Waals surface area (Å²) in [6, 6.07) is 0. The van der Waals surface area contributed by atoms with Gasteiger partial charge in [-0.05, 0) is 19.3 Å². The number of aliphatic hydroxyl groups excluding tert-OH is 4. The standard InChI is InChI=1S/C12H23N3O5S/c1-14-2-4-15(5-3-14)12(21)13-11-10(19)9(18)8(17)7(6-16)20-11/h7-11,16-19H,2-6H2,1H3,(H,13,21)/t7-,8-,9+,10-,11-/m1/s1. The molecule has 2 aliphatic heterocycles. The van der Waals surface area contributed by atoms with Crippen LogP contribution in [0.15, 0.2) is 0 Å². The van der Waals surface area contributed by atoms with E-state index < -0.39 is 37.3 Å². The molecule has 2 fully saturated rings. The maximum atomic E-state index is 9.94. The molecule has 0 aromatic heterocycles. The number of rotatable bonds is 2. The molecule has 5 N–H and O–H groups in total. The van der Waals surface area contributed by atoms with Gasteiger partial charge in [-0.3, -0.25) is 0 Å². The van der Waals surface area contributed by atoms with E-state index in [0.29, 0.717) is 5.11 Å². The van der Waals surface area contributed by atoms with Gasteiger partial charge in [0.05, 0.1) is 6.61 Å². The third-order valence-corrected chi connectivity index (χ3v) is 4.32. The van der Waals surface area contributed by atoms with Crippen LogP contribution in [-0.4, -0.2) is 106 Å². The second-order valence-electron chi connectivity index (χ2n) is 5.49. The highest BCUT2D eigenvalue weighted by atomic mass is 32.1. The van der Waals surface area contributed by atoms with Crippen molar-refractivity contribution in [2.45, 2.75) is 30.6 Å². The van der Waals surface area contributed by atoms with Crippen molar-refractivity contribution < 1.29 is 25.2 Å². The van der Waals surface area contributed by atoms with E-state index >= 15 is 0 Å². The van der Waals surface area contributed by atoms with Gasteiger partial charge in [0.2, 0.25) is 0 Å². The van der Waals surface area contributed by atoms with Crippen molar-refractivity contribution in [3.63, 3.8) is 0 Å². The van der Waals surface area contributed by atoms with Crippen LogP contribution in [0.25, 0.3) is 0 Å². The van der Waals surface area contributed by atoms with Crippen LogP contribution in [0, 0.1) is 0 Å². The molecule has 0 bridgehead atoms. The Morgan fingerprint density at radius 2 is 1.76 bits per heavy atom. The lowest BCUT2D eigenvalue weighted by Gasteiger charge is -2.42. The molecular formula is C12H23N3O5S. The Balaban J connectivity index is 1.93. The Morgan fingerprint density at radius 3 is 2.33 bits per heavy atom. The number of likely N-dealkylation sites (N-methyl/N-ethyl adjacent to an activating group) is 1. The molecule has 0 amide bonds. The number of aliphatic hydroxyl groups is 4. The van der Waals surface area contributed by atoms with E-state index in [1.165, 1.54) is 0 Å². The minimum absolute atomic E-state index is 0.424.